The Kier molecular flexibility index (Phi) is 4.25. The SMILES string of the molecule is O=C(NCc1ccc(Cl)cc1)c1noc2c1CCCCC2. The van der Waals surface area contributed by atoms with Crippen molar-refractivity contribution in [1.82, 2.24) is 10.5 Å². The van der Waals surface area contributed by atoms with Gasteiger partial charge >= 0.3 is 0 Å². The van der Waals surface area contributed by atoms with Crippen molar-refractivity contribution in [3.05, 3.63) is 51.9 Å². The number of aryl methyl sites for hydroxylation is 1. The maximum Gasteiger partial charge on any atom is 0.274 e. The van der Waals surface area contributed by atoms with Crippen molar-refractivity contribution < 1.29 is 9.32 Å². The van der Waals surface area contributed by atoms with Gasteiger partial charge in [0.2, 0.25) is 0 Å². The zero-order valence-electron chi connectivity index (χ0n) is 11.7. The molecule has 2 aromatic rings. The zero-order valence-corrected chi connectivity index (χ0v) is 12.4. The molecule has 1 amide bonds. The molecule has 1 aromatic carbocycles. The van der Waals surface area contributed by atoms with E-state index < -0.39 is 0 Å². The Bertz CT molecular complexity index is 634. The molecule has 21 heavy (non-hydrogen) atoms. The van der Waals surface area contributed by atoms with Crippen LogP contribution in [0.3, 0.4) is 0 Å². The van der Waals surface area contributed by atoms with Crippen LogP contribution in [0.4, 0.5) is 0 Å². The number of hydrogen-bond donors (Lipinski definition) is 1. The van der Waals surface area contributed by atoms with Crippen LogP contribution >= 0.6 is 11.6 Å². The standard InChI is InChI=1S/C16H17ClN2O2/c17-12-8-6-11(7-9-12)10-18-16(20)15-13-4-2-1-3-5-14(13)21-19-15/h6-9H,1-5,10H2,(H,18,20). The summed E-state index contributed by atoms with van der Waals surface area (Å²) in [6, 6.07) is 7.41. The smallest absolute Gasteiger partial charge is 0.274 e. The number of carbonyl (C=O) groups is 1. The lowest BCUT2D eigenvalue weighted by Gasteiger charge is -2.05. The fraction of sp³-hybridized carbons (Fsp3) is 0.375. The lowest BCUT2D eigenvalue weighted by Crippen LogP contribution is -2.24. The maximum atomic E-state index is 12.3. The van der Waals surface area contributed by atoms with Crippen LogP contribution in [0.15, 0.2) is 28.8 Å². The van der Waals surface area contributed by atoms with Gasteiger partial charge in [0.05, 0.1) is 0 Å². The molecule has 0 spiro atoms. The monoisotopic (exact) mass is 304 g/mol. The lowest BCUT2D eigenvalue weighted by molar-refractivity contribution is 0.0941. The number of nitrogens with zero attached hydrogens (tertiary/aromatic N) is 1. The third-order valence-corrected chi connectivity index (χ3v) is 4.03. The molecule has 0 fully saturated rings. The van der Waals surface area contributed by atoms with Crippen molar-refractivity contribution >= 4 is 17.5 Å². The van der Waals surface area contributed by atoms with Gasteiger partial charge in [-0.15, -0.1) is 0 Å². The zero-order chi connectivity index (χ0) is 14.7. The van der Waals surface area contributed by atoms with Gasteiger partial charge in [-0.25, -0.2) is 0 Å². The summed E-state index contributed by atoms with van der Waals surface area (Å²) >= 11 is 5.84. The summed E-state index contributed by atoms with van der Waals surface area (Å²) in [5.41, 5.74) is 2.43. The molecule has 1 N–H and O–H groups in total. The quantitative estimate of drug-likeness (QED) is 0.883. The lowest BCUT2D eigenvalue weighted by atomic mass is 10.1. The molecule has 1 aromatic heterocycles. The van der Waals surface area contributed by atoms with Gasteiger partial charge in [-0.2, -0.15) is 0 Å². The average Bonchev–Trinajstić information content (AvgIpc) is 2.75. The molecular formula is C16H17ClN2O2. The second kappa shape index (κ2) is 6.31. The fourth-order valence-corrected chi connectivity index (χ4v) is 2.73. The number of benzene rings is 1. The number of aromatic nitrogens is 1. The predicted octanol–water partition coefficient (Wildman–Crippen LogP) is 3.53. The first-order valence-corrected chi connectivity index (χ1v) is 7.62. The minimum atomic E-state index is -0.170. The van der Waals surface area contributed by atoms with E-state index in [1.165, 1.54) is 6.42 Å². The van der Waals surface area contributed by atoms with Gasteiger partial charge in [0.1, 0.15) is 5.76 Å². The molecular weight excluding hydrogens is 288 g/mol. The first kappa shape index (κ1) is 14.1. The number of carbonyl (C=O) groups excluding carboxylic acids is 1. The van der Waals surface area contributed by atoms with E-state index in [1.54, 1.807) is 0 Å². The average molecular weight is 305 g/mol. The van der Waals surface area contributed by atoms with Crippen LogP contribution in [0.5, 0.6) is 0 Å². The van der Waals surface area contributed by atoms with Gasteiger partial charge < -0.3 is 9.84 Å². The highest BCUT2D eigenvalue weighted by molar-refractivity contribution is 6.30. The Morgan fingerprint density at radius 1 is 1.19 bits per heavy atom. The Morgan fingerprint density at radius 3 is 2.76 bits per heavy atom. The molecule has 4 nitrogen and oxygen atoms in total. The van der Waals surface area contributed by atoms with Gasteiger partial charge in [0.25, 0.3) is 5.91 Å². The van der Waals surface area contributed by atoms with Crippen molar-refractivity contribution in [2.45, 2.75) is 38.6 Å². The van der Waals surface area contributed by atoms with Crippen molar-refractivity contribution in [3.63, 3.8) is 0 Å². The molecule has 110 valence electrons. The number of amides is 1. The van der Waals surface area contributed by atoms with Gasteiger partial charge in [-0.3, -0.25) is 4.79 Å². The van der Waals surface area contributed by atoms with E-state index in [2.05, 4.69) is 10.5 Å². The molecule has 0 unspecified atom stereocenters. The van der Waals surface area contributed by atoms with Gasteiger partial charge in [0, 0.05) is 23.6 Å². The Hall–Kier alpha value is -1.81. The largest absolute Gasteiger partial charge is 0.360 e. The predicted molar refractivity (Wildman–Crippen MR) is 80.4 cm³/mol. The van der Waals surface area contributed by atoms with Gasteiger partial charge in [0.15, 0.2) is 5.69 Å². The van der Waals surface area contributed by atoms with E-state index in [0.717, 1.165) is 42.6 Å². The van der Waals surface area contributed by atoms with Crippen molar-refractivity contribution in [2.24, 2.45) is 0 Å². The highest BCUT2D eigenvalue weighted by atomic mass is 35.5. The summed E-state index contributed by atoms with van der Waals surface area (Å²) in [6.45, 7) is 0.456. The van der Waals surface area contributed by atoms with Crippen LogP contribution < -0.4 is 5.32 Å². The minimum Gasteiger partial charge on any atom is -0.360 e. The molecule has 0 aliphatic heterocycles. The maximum absolute atomic E-state index is 12.3. The Morgan fingerprint density at radius 2 is 1.95 bits per heavy atom. The van der Waals surface area contributed by atoms with E-state index in [1.807, 2.05) is 24.3 Å². The summed E-state index contributed by atoms with van der Waals surface area (Å²) < 4.78 is 5.33. The van der Waals surface area contributed by atoms with Crippen molar-refractivity contribution in [2.75, 3.05) is 0 Å². The van der Waals surface area contributed by atoms with E-state index in [9.17, 15) is 4.79 Å². The second-order valence-electron chi connectivity index (χ2n) is 5.30. The Balaban J connectivity index is 1.68. The van der Waals surface area contributed by atoms with Crippen LogP contribution in [0.2, 0.25) is 5.02 Å². The summed E-state index contributed by atoms with van der Waals surface area (Å²) in [7, 11) is 0. The second-order valence-corrected chi connectivity index (χ2v) is 5.74. The van der Waals surface area contributed by atoms with E-state index >= 15 is 0 Å². The normalized spacial score (nSPS) is 14.3. The van der Waals surface area contributed by atoms with Crippen molar-refractivity contribution in [1.29, 1.82) is 0 Å². The van der Waals surface area contributed by atoms with Crippen LogP contribution in [0.25, 0.3) is 0 Å². The molecule has 0 atom stereocenters. The highest BCUT2D eigenvalue weighted by Gasteiger charge is 2.22. The number of rotatable bonds is 3. The topological polar surface area (TPSA) is 55.1 Å². The third-order valence-electron chi connectivity index (χ3n) is 3.78. The molecule has 1 heterocycles. The molecule has 5 heteroatoms. The molecule has 1 aliphatic rings. The molecule has 3 rings (SSSR count). The van der Waals surface area contributed by atoms with E-state index in [-0.39, 0.29) is 5.91 Å². The number of nitrogens with one attached hydrogen (secondary N) is 1. The fourth-order valence-electron chi connectivity index (χ4n) is 2.61. The first-order chi connectivity index (χ1) is 10.2. The Labute approximate surface area is 128 Å². The molecule has 0 radical (unpaired) electrons. The molecule has 0 saturated heterocycles. The number of halogens is 1. The third kappa shape index (κ3) is 3.27. The molecule has 0 saturated carbocycles. The van der Waals surface area contributed by atoms with Crippen molar-refractivity contribution in [3.8, 4) is 0 Å². The molecule has 0 bridgehead atoms. The van der Waals surface area contributed by atoms with Gasteiger partial charge in [-0.1, -0.05) is 35.3 Å². The highest BCUT2D eigenvalue weighted by Crippen LogP contribution is 2.23. The van der Waals surface area contributed by atoms with Gasteiger partial charge in [-0.05, 0) is 37.0 Å². The summed E-state index contributed by atoms with van der Waals surface area (Å²) in [5, 5.41) is 7.53. The summed E-state index contributed by atoms with van der Waals surface area (Å²) in [4.78, 5) is 12.3. The minimum absolute atomic E-state index is 0.170. The van der Waals surface area contributed by atoms with Crippen LogP contribution in [0.1, 0.15) is 46.6 Å². The summed E-state index contributed by atoms with van der Waals surface area (Å²) in [5.74, 6) is 0.709. The number of hydrogen-bond acceptors (Lipinski definition) is 3. The van der Waals surface area contributed by atoms with Crippen LogP contribution in [-0.2, 0) is 19.4 Å². The molecule has 1 aliphatic carbocycles. The van der Waals surface area contributed by atoms with E-state index in [0.29, 0.717) is 17.3 Å². The van der Waals surface area contributed by atoms with Crippen LogP contribution in [0, 0.1) is 0 Å². The first-order valence-electron chi connectivity index (χ1n) is 7.24. The van der Waals surface area contributed by atoms with E-state index in [4.69, 9.17) is 16.1 Å². The summed E-state index contributed by atoms with van der Waals surface area (Å²) in [6.07, 6.45) is 5.13. The number of fused-ring (bicyclic) bond motifs is 1. The van der Waals surface area contributed by atoms with Crippen LogP contribution in [-0.4, -0.2) is 11.1 Å².